The number of aromatic amines is 1. The molecule has 0 fully saturated rings. The van der Waals surface area contributed by atoms with Crippen LogP contribution in [0, 0.1) is 10.1 Å². The number of hydrogen-bond donors (Lipinski definition) is 1. The van der Waals surface area contributed by atoms with E-state index in [1.54, 1.807) is 31.4 Å². The number of non-ortho nitro benzene ring substituents is 1. The Labute approximate surface area is 188 Å². The molecule has 0 atom stereocenters. The van der Waals surface area contributed by atoms with Gasteiger partial charge < -0.3 is 4.74 Å². The Balaban J connectivity index is 2.23. The summed E-state index contributed by atoms with van der Waals surface area (Å²) < 4.78 is 7.02. The van der Waals surface area contributed by atoms with E-state index in [1.807, 2.05) is 26.8 Å². The van der Waals surface area contributed by atoms with Crippen LogP contribution in [0.15, 0.2) is 58.3 Å². The number of H-pyrrole nitrogens is 1. The van der Waals surface area contributed by atoms with Gasteiger partial charge in [0.05, 0.1) is 17.7 Å². The molecule has 8 nitrogen and oxygen atoms in total. The predicted molar refractivity (Wildman–Crippen MR) is 125 cm³/mol. The molecule has 0 amide bonds. The molecular formula is C23H22ClN3O5. The molecule has 0 saturated carbocycles. The van der Waals surface area contributed by atoms with Gasteiger partial charge in [0, 0.05) is 40.6 Å². The highest BCUT2D eigenvalue weighted by Gasteiger charge is 2.23. The van der Waals surface area contributed by atoms with Crippen LogP contribution in [0.3, 0.4) is 0 Å². The highest BCUT2D eigenvalue weighted by atomic mass is 35.5. The molecule has 9 heteroatoms. The van der Waals surface area contributed by atoms with Gasteiger partial charge in [0.1, 0.15) is 5.75 Å². The van der Waals surface area contributed by atoms with Crippen molar-refractivity contribution < 1.29 is 9.66 Å². The Bertz CT molecular complexity index is 1320. The second kappa shape index (κ2) is 8.84. The van der Waals surface area contributed by atoms with E-state index in [9.17, 15) is 19.7 Å². The number of ether oxygens (including phenoxy) is 1. The van der Waals surface area contributed by atoms with Crippen LogP contribution in [0.2, 0.25) is 0 Å². The average molecular weight is 456 g/mol. The molecule has 0 bridgehead atoms. The van der Waals surface area contributed by atoms with Gasteiger partial charge in [-0.3, -0.25) is 24.5 Å². The fourth-order valence-corrected chi connectivity index (χ4v) is 3.49. The fourth-order valence-electron chi connectivity index (χ4n) is 3.25. The predicted octanol–water partition coefficient (Wildman–Crippen LogP) is 4.48. The third-order valence-corrected chi connectivity index (χ3v) is 5.18. The van der Waals surface area contributed by atoms with Crippen LogP contribution < -0.4 is 16.0 Å². The van der Waals surface area contributed by atoms with Gasteiger partial charge in [-0.05, 0) is 41.3 Å². The highest BCUT2D eigenvalue weighted by molar-refractivity contribution is 6.51. The lowest BCUT2D eigenvalue weighted by molar-refractivity contribution is -0.384. The van der Waals surface area contributed by atoms with Crippen LogP contribution in [0.5, 0.6) is 5.75 Å². The standard InChI is InChI=1S/C23H22ClN3O5/c1-23(2,3)18-13-17(26-10-9-20(28)25-22(26)29)11-15(21(18)32-4)12-19(24)14-5-7-16(8-6-14)27(30)31/h5-13H,1-4H3,(H,25,28,29). The van der Waals surface area contributed by atoms with E-state index >= 15 is 0 Å². The molecule has 2 aromatic carbocycles. The zero-order valence-electron chi connectivity index (χ0n) is 18.0. The smallest absolute Gasteiger partial charge is 0.332 e. The van der Waals surface area contributed by atoms with Crippen LogP contribution >= 0.6 is 11.6 Å². The van der Waals surface area contributed by atoms with Crippen molar-refractivity contribution in [3.05, 3.63) is 96.3 Å². The summed E-state index contributed by atoms with van der Waals surface area (Å²) in [7, 11) is 1.55. The van der Waals surface area contributed by atoms with Gasteiger partial charge in [0.2, 0.25) is 0 Å². The number of halogens is 1. The lowest BCUT2D eigenvalue weighted by atomic mass is 9.84. The third kappa shape index (κ3) is 4.81. The van der Waals surface area contributed by atoms with E-state index in [0.717, 1.165) is 5.56 Å². The van der Waals surface area contributed by atoms with Gasteiger partial charge in [-0.1, -0.05) is 32.4 Å². The molecular weight excluding hydrogens is 434 g/mol. The van der Waals surface area contributed by atoms with Gasteiger partial charge in [-0.25, -0.2) is 4.79 Å². The van der Waals surface area contributed by atoms with Gasteiger partial charge in [-0.2, -0.15) is 0 Å². The molecule has 0 aliphatic heterocycles. The van der Waals surface area contributed by atoms with Gasteiger partial charge in [0.25, 0.3) is 11.2 Å². The second-order valence-electron chi connectivity index (χ2n) is 8.14. The molecule has 3 aromatic rings. The van der Waals surface area contributed by atoms with Crippen molar-refractivity contribution in [2.24, 2.45) is 0 Å². The molecule has 0 aliphatic rings. The number of nitro benzene ring substituents is 1. The van der Waals surface area contributed by atoms with E-state index in [4.69, 9.17) is 16.3 Å². The molecule has 1 heterocycles. The number of nitrogens with one attached hydrogen (secondary N) is 1. The zero-order valence-corrected chi connectivity index (χ0v) is 18.8. The molecule has 0 spiro atoms. The van der Waals surface area contributed by atoms with Crippen LogP contribution in [-0.4, -0.2) is 21.6 Å². The monoisotopic (exact) mass is 455 g/mol. The van der Waals surface area contributed by atoms with Gasteiger partial charge in [-0.15, -0.1) is 0 Å². The summed E-state index contributed by atoms with van der Waals surface area (Å²) in [5.41, 5.74) is 1.11. The van der Waals surface area contributed by atoms with Crippen LogP contribution in [0.1, 0.15) is 37.5 Å². The maximum Gasteiger partial charge on any atom is 0.332 e. The Morgan fingerprint density at radius 2 is 1.81 bits per heavy atom. The molecule has 3 rings (SSSR count). The number of aromatic nitrogens is 2. The molecule has 0 radical (unpaired) electrons. The highest BCUT2D eigenvalue weighted by Crippen LogP contribution is 2.38. The van der Waals surface area contributed by atoms with Gasteiger partial charge in [0.15, 0.2) is 0 Å². The lowest BCUT2D eigenvalue weighted by Gasteiger charge is -2.25. The number of methoxy groups -OCH3 is 1. The molecule has 0 saturated heterocycles. The largest absolute Gasteiger partial charge is 0.496 e. The first-order valence-electron chi connectivity index (χ1n) is 9.68. The van der Waals surface area contributed by atoms with E-state index < -0.39 is 16.2 Å². The van der Waals surface area contributed by atoms with Crippen molar-refractivity contribution in [2.75, 3.05) is 7.11 Å². The Hall–Kier alpha value is -3.65. The number of nitro groups is 1. The Kier molecular flexibility index (Phi) is 6.36. The molecule has 0 unspecified atom stereocenters. The summed E-state index contributed by atoms with van der Waals surface area (Å²) in [6.07, 6.45) is 3.08. The number of hydrogen-bond acceptors (Lipinski definition) is 5. The van der Waals surface area contributed by atoms with Crippen LogP contribution in [0.4, 0.5) is 5.69 Å². The number of rotatable bonds is 5. The second-order valence-corrected chi connectivity index (χ2v) is 8.55. The SMILES string of the molecule is COc1c(C=C(Cl)c2ccc([N+](=O)[O-])cc2)cc(-n2ccc(=O)[nH]c2=O)cc1C(C)(C)C. The van der Waals surface area contributed by atoms with Crippen molar-refractivity contribution in [1.82, 2.24) is 9.55 Å². The summed E-state index contributed by atoms with van der Waals surface area (Å²) in [6, 6.07) is 10.7. The summed E-state index contributed by atoms with van der Waals surface area (Å²) in [4.78, 5) is 36.5. The van der Waals surface area contributed by atoms with Crippen molar-refractivity contribution in [3.8, 4) is 11.4 Å². The summed E-state index contributed by atoms with van der Waals surface area (Å²) >= 11 is 6.54. The normalized spacial score (nSPS) is 12.0. The molecule has 1 aromatic heterocycles. The number of benzene rings is 2. The maximum atomic E-state index is 12.4. The first kappa shape index (κ1) is 23.0. The Morgan fingerprint density at radius 3 is 2.34 bits per heavy atom. The van der Waals surface area contributed by atoms with E-state index in [2.05, 4.69) is 4.98 Å². The summed E-state index contributed by atoms with van der Waals surface area (Å²) in [5, 5.41) is 11.2. The van der Waals surface area contributed by atoms with Gasteiger partial charge >= 0.3 is 5.69 Å². The minimum Gasteiger partial charge on any atom is -0.496 e. The van der Waals surface area contributed by atoms with Crippen molar-refractivity contribution in [2.45, 2.75) is 26.2 Å². The lowest BCUT2D eigenvalue weighted by Crippen LogP contribution is -2.28. The minimum atomic E-state index is -0.570. The topological polar surface area (TPSA) is 107 Å². The first-order chi connectivity index (χ1) is 15.0. The quantitative estimate of drug-likeness (QED) is 0.347. The number of nitrogens with zero attached hydrogens (tertiary/aromatic N) is 2. The third-order valence-electron chi connectivity index (χ3n) is 4.85. The van der Waals surface area contributed by atoms with Crippen molar-refractivity contribution in [1.29, 1.82) is 0 Å². The van der Waals surface area contributed by atoms with Crippen molar-refractivity contribution in [3.63, 3.8) is 0 Å². The fraction of sp³-hybridized carbons (Fsp3) is 0.217. The average Bonchev–Trinajstić information content (AvgIpc) is 2.72. The maximum absolute atomic E-state index is 12.4. The van der Waals surface area contributed by atoms with E-state index in [1.165, 1.54) is 29.0 Å². The molecule has 0 aliphatic carbocycles. The zero-order chi connectivity index (χ0) is 23.6. The summed E-state index contributed by atoms with van der Waals surface area (Å²) in [5.74, 6) is 0.582. The minimum absolute atomic E-state index is 0.0368. The summed E-state index contributed by atoms with van der Waals surface area (Å²) in [6.45, 7) is 6.03. The first-order valence-corrected chi connectivity index (χ1v) is 10.1. The molecule has 1 N–H and O–H groups in total. The molecule has 32 heavy (non-hydrogen) atoms. The van der Waals surface area contributed by atoms with Crippen LogP contribution in [-0.2, 0) is 5.41 Å². The van der Waals surface area contributed by atoms with Crippen LogP contribution in [0.25, 0.3) is 16.8 Å². The van der Waals surface area contributed by atoms with E-state index in [0.29, 0.717) is 27.6 Å². The van der Waals surface area contributed by atoms with Crippen molar-refractivity contribution >= 4 is 28.4 Å². The van der Waals surface area contributed by atoms with E-state index in [-0.39, 0.29) is 11.1 Å². The molecule has 166 valence electrons. The Morgan fingerprint density at radius 1 is 1.16 bits per heavy atom.